The van der Waals surface area contributed by atoms with Gasteiger partial charge in [-0.3, -0.25) is 5.43 Å². The van der Waals surface area contributed by atoms with Crippen LogP contribution in [0, 0.1) is 6.92 Å². The number of hydrazone groups is 1. The molecule has 0 aliphatic carbocycles. The molecule has 0 spiro atoms. The number of rotatable bonds is 7. The minimum atomic E-state index is 0.146. The van der Waals surface area contributed by atoms with Crippen LogP contribution in [0.15, 0.2) is 53.8 Å². The maximum atomic E-state index is 6.00. The number of benzene rings is 2. The fourth-order valence-corrected chi connectivity index (χ4v) is 3.16. The second-order valence-electron chi connectivity index (χ2n) is 6.39. The SMILES string of the molecule is CCc1cc(C)cc(OCCn2cc(/C=N/NC(N)=S)c3ccccc32)c1. The van der Waals surface area contributed by atoms with Gasteiger partial charge in [0.25, 0.3) is 0 Å². The van der Waals surface area contributed by atoms with Crippen molar-refractivity contribution in [1.82, 2.24) is 9.99 Å². The summed E-state index contributed by atoms with van der Waals surface area (Å²) in [6, 6.07) is 14.6. The number of aromatic nitrogens is 1. The van der Waals surface area contributed by atoms with Crippen molar-refractivity contribution in [3.8, 4) is 5.75 Å². The lowest BCUT2D eigenvalue weighted by Gasteiger charge is -2.10. The summed E-state index contributed by atoms with van der Waals surface area (Å²) >= 11 is 4.77. The van der Waals surface area contributed by atoms with E-state index in [1.807, 2.05) is 12.1 Å². The van der Waals surface area contributed by atoms with Crippen molar-refractivity contribution in [2.45, 2.75) is 26.8 Å². The molecule has 0 aliphatic rings. The van der Waals surface area contributed by atoms with Crippen LogP contribution in [0.4, 0.5) is 0 Å². The first-order valence-corrected chi connectivity index (χ1v) is 9.37. The summed E-state index contributed by atoms with van der Waals surface area (Å²) in [5, 5.41) is 5.34. The van der Waals surface area contributed by atoms with Crippen LogP contribution in [0.1, 0.15) is 23.6 Å². The zero-order valence-electron chi connectivity index (χ0n) is 15.6. The van der Waals surface area contributed by atoms with E-state index in [1.165, 1.54) is 11.1 Å². The monoisotopic (exact) mass is 380 g/mol. The Balaban J connectivity index is 1.74. The van der Waals surface area contributed by atoms with Crippen molar-refractivity contribution >= 4 is 34.4 Å². The molecule has 2 aromatic carbocycles. The molecule has 140 valence electrons. The van der Waals surface area contributed by atoms with Gasteiger partial charge >= 0.3 is 0 Å². The van der Waals surface area contributed by atoms with E-state index in [-0.39, 0.29) is 5.11 Å². The molecule has 3 aromatic rings. The van der Waals surface area contributed by atoms with Crippen molar-refractivity contribution in [3.63, 3.8) is 0 Å². The Morgan fingerprint density at radius 3 is 2.89 bits per heavy atom. The van der Waals surface area contributed by atoms with E-state index in [2.05, 4.69) is 65.5 Å². The van der Waals surface area contributed by atoms with Gasteiger partial charge in [-0.15, -0.1) is 0 Å². The Morgan fingerprint density at radius 1 is 1.30 bits per heavy atom. The van der Waals surface area contributed by atoms with E-state index in [0.717, 1.165) is 35.2 Å². The fourth-order valence-electron chi connectivity index (χ4n) is 3.10. The summed E-state index contributed by atoms with van der Waals surface area (Å²) in [6.45, 7) is 5.58. The molecule has 5 nitrogen and oxygen atoms in total. The first kappa shape index (κ1) is 18.9. The van der Waals surface area contributed by atoms with Crippen molar-refractivity contribution in [3.05, 3.63) is 65.4 Å². The molecule has 3 N–H and O–H groups in total. The first-order valence-electron chi connectivity index (χ1n) is 8.96. The molecular weight excluding hydrogens is 356 g/mol. The summed E-state index contributed by atoms with van der Waals surface area (Å²) in [5.41, 5.74) is 12.7. The average molecular weight is 381 g/mol. The van der Waals surface area contributed by atoms with Crippen LogP contribution in [-0.2, 0) is 13.0 Å². The third-order valence-electron chi connectivity index (χ3n) is 4.32. The minimum Gasteiger partial charge on any atom is -0.492 e. The standard InChI is InChI=1S/C21H24N4OS/c1-3-16-10-15(2)11-18(12-16)26-9-8-25-14-17(13-23-24-21(22)27)19-6-4-5-7-20(19)25/h4-7,10-14H,3,8-9H2,1-2H3,(H3,22,24,27)/b23-13+. The molecule has 3 rings (SSSR count). The summed E-state index contributed by atoms with van der Waals surface area (Å²) < 4.78 is 8.18. The van der Waals surface area contributed by atoms with Crippen molar-refractivity contribution in [2.75, 3.05) is 6.61 Å². The van der Waals surface area contributed by atoms with E-state index >= 15 is 0 Å². The highest BCUT2D eigenvalue weighted by molar-refractivity contribution is 7.80. The van der Waals surface area contributed by atoms with E-state index in [9.17, 15) is 0 Å². The molecule has 0 amide bonds. The third kappa shape index (κ3) is 4.86. The van der Waals surface area contributed by atoms with Gasteiger partial charge in [0.15, 0.2) is 5.11 Å². The van der Waals surface area contributed by atoms with Gasteiger partial charge in [-0.2, -0.15) is 5.10 Å². The summed E-state index contributed by atoms with van der Waals surface area (Å²) in [5.74, 6) is 0.922. The largest absolute Gasteiger partial charge is 0.492 e. The van der Waals surface area contributed by atoms with Crippen molar-refractivity contribution < 1.29 is 4.74 Å². The van der Waals surface area contributed by atoms with E-state index < -0.39 is 0 Å². The van der Waals surface area contributed by atoms with Gasteiger partial charge in [0.05, 0.1) is 12.8 Å². The second-order valence-corrected chi connectivity index (χ2v) is 6.83. The molecule has 1 heterocycles. The van der Waals surface area contributed by atoms with Gasteiger partial charge < -0.3 is 15.0 Å². The van der Waals surface area contributed by atoms with Gasteiger partial charge in [0, 0.05) is 22.7 Å². The number of nitrogens with one attached hydrogen (secondary N) is 1. The van der Waals surface area contributed by atoms with E-state index in [0.29, 0.717) is 6.61 Å². The Bertz CT molecular complexity index is 977. The van der Waals surface area contributed by atoms with E-state index in [1.54, 1.807) is 6.21 Å². The third-order valence-corrected chi connectivity index (χ3v) is 4.41. The number of fused-ring (bicyclic) bond motifs is 1. The maximum Gasteiger partial charge on any atom is 0.184 e. The topological polar surface area (TPSA) is 64.6 Å². The molecule has 0 aliphatic heterocycles. The van der Waals surface area contributed by atoms with Gasteiger partial charge in [0.1, 0.15) is 12.4 Å². The summed E-state index contributed by atoms with van der Waals surface area (Å²) in [4.78, 5) is 0. The Hall–Kier alpha value is -2.86. The van der Waals surface area contributed by atoms with Crippen LogP contribution >= 0.6 is 12.2 Å². The molecule has 0 saturated carbocycles. The molecule has 0 radical (unpaired) electrons. The Kier molecular flexibility index (Phi) is 6.08. The Morgan fingerprint density at radius 2 is 2.11 bits per heavy atom. The molecular formula is C21H24N4OS. The van der Waals surface area contributed by atoms with Crippen molar-refractivity contribution in [1.29, 1.82) is 0 Å². The van der Waals surface area contributed by atoms with Gasteiger partial charge in [0.2, 0.25) is 0 Å². The highest BCUT2D eigenvalue weighted by Crippen LogP contribution is 2.21. The number of para-hydroxylation sites is 1. The average Bonchev–Trinajstić information content (AvgIpc) is 2.99. The number of hydrogen-bond donors (Lipinski definition) is 2. The molecule has 0 fully saturated rings. The molecule has 0 unspecified atom stereocenters. The summed E-state index contributed by atoms with van der Waals surface area (Å²) in [7, 11) is 0. The lowest BCUT2D eigenvalue weighted by Crippen LogP contribution is -2.23. The fraction of sp³-hybridized carbons (Fsp3) is 0.238. The number of ether oxygens (including phenoxy) is 1. The highest BCUT2D eigenvalue weighted by atomic mass is 32.1. The second kappa shape index (κ2) is 8.68. The van der Waals surface area contributed by atoms with Crippen LogP contribution < -0.4 is 15.9 Å². The van der Waals surface area contributed by atoms with Crippen LogP contribution in [0.5, 0.6) is 5.75 Å². The van der Waals surface area contributed by atoms with Crippen molar-refractivity contribution in [2.24, 2.45) is 10.8 Å². The zero-order chi connectivity index (χ0) is 19.2. The molecule has 0 atom stereocenters. The molecule has 0 bridgehead atoms. The highest BCUT2D eigenvalue weighted by Gasteiger charge is 2.07. The van der Waals surface area contributed by atoms with Crippen LogP contribution in [-0.4, -0.2) is 22.5 Å². The maximum absolute atomic E-state index is 6.00. The smallest absolute Gasteiger partial charge is 0.184 e. The van der Waals surface area contributed by atoms with Crippen LogP contribution in [0.3, 0.4) is 0 Å². The lowest BCUT2D eigenvalue weighted by molar-refractivity contribution is 0.300. The molecule has 6 heteroatoms. The van der Waals surface area contributed by atoms with E-state index in [4.69, 9.17) is 22.7 Å². The zero-order valence-corrected chi connectivity index (χ0v) is 16.4. The lowest BCUT2D eigenvalue weighted by atomic mass is 10.1. The number of hydrogen-bond acceptors (Lipinski definition) is 3. The molecule has 27 heavy (non-hydrogen) atoms. The predicted molar refractivity (Wildman–Crippen MR) is 116 cm³/mol. The van der Waals surface area contributed by atoms with Gasteiger partial charge in [-0.25, -0.2) is 0 Å². The summed E-state index contributed by atoms with van der Waals surface area (Å²) in [6.07, 6.45) is 4.79. The number of nitrogens with two attached hydrogens (primary N) is 1. The molecule has 0 saturated heterocycles. The predicted octanol–water partition coefficient (Wildman–Crippen LogP) is 3.76. The molecule has 1 aromatic heterocycles. The van der Waals surface area contributed by atoms with Gasteiger partial charge in [-0.1, -0.05) is 31.2 Å². The van der Waals surface area contributed by atoms with Gasteiger partial charge in [-0.05, 0) is 54.9 Å². The number of nitrogens with zero attached hydrogens (tertiary/aromatic N) is 2. The Labute approximate surface area is 164 Å². The minimum absolute atomic E-state index is 0.146. The van der Waals surface area contributed by atoms with Crippen LogP contribution in [0.2, 0.25) is 0 Å². The first-order chi connectivity index (χ1) is 13.1. The normalized spacial score (nSPS) is 11.2. The number of aryl methyl sites for hydroxylation is 2. The number of thiocarbonyl (C=S) groups is 1. The quantitative estimate of drug-likeness (QED) is 0.372. The van der Waals surface area contributed by atoms with Crippen LogP contribution in [0.25, 0.3) is 10.9 Å².